The predicted octanol–water partition coefficient (Wildman–Crippen LogP) is 4.41. The Hall–Kier alpha value is -2.76. The fourth-order valence-corrected chi connectivity index (χ4v) is 5.88. The molecule has 3 rings (SSSR count). The molecule has 0 saturated heterocycles. The minimum Gasteiger partial charge on any atom is -0.480 e. The second kappa shape index (κ2) is 11.2. The van der Waals surface area contributed by atoms with Crippen LogP contribution in [-0.2, 0) is 25.1 Å². The van der Waals surface area contributed by atoms with E-state index in [1.54, 1.807) is 6.92 Å². The highest BCUT2D eigenvalue weighted by Crippen LogP contribution is 2.48. The zero-order valence-corrected chi connectivity index (χ0v) is 19.1. The number of hydrogen-bond donors (Lipinski definition) is 1. The van der Waals surface area contributed by atoms with Crippen molar-refractivity contribution in [1.82, 2.24) is 5.01 Å². The van der Waals surface area contributed by atoms with Crippen LogP contribution in [0.1, 0.15) is 37.3 Å². The molecule has 0 bridgehead atoms. The van der Waals surface area contributed by atoms with Crippen molar-refractivity contribution in [1.29, 1.82) is 0 Å². The highest BCUT2D eigenvalue weighted by Gasteiger charge is 2.39. The van der Waals surface area contributed by atoms with Crippen LogP contribution in [-0.4, -0.2) is 52.7 Å². The van der Waals surface area contributed by atoms with Gasteiger partial charge in [0.2, 0.25) is 7.37 Å². The first kappa shape index (κ1) is 23.9. The van der Waals surface area contributed by atoms with Crippen LogP contribution in [0.4, 0.5) is 0 Å². The number of benzene rings is 2. The van der Waals surface area contributed by atoms with E-state index in [1.807, 2.05) is 60.7 Å². The number of hydrogen-bond acceptors (Lipinski definition) is 5. The summed E-state index contributed by atoms with van der Waals surface area (Å²) < 4.78 is 18.9. The highest BCUT2D eigenvalue weighted by molar-refractivity contribution is 7.59. The third kappa shape index (κ3) is 6.38. The van der Waals surface area contributed by atoms with Crippen molar-refractivity contribution in [2.24, 2.45) is 5.10 Å². The Labute approximate surface area is 188 Å². The minimum absolute atomic E-state index is 0.112. The molecule has 1 N–H and O–H groups in total. The number of rotatable bonds is 11. The maximum absolute atomic E-state index is 13.4. The Morgan fingerprint density at radius 2 is 1.75 bits per heavy atom. The van der Waals surface area contributed by atoms with E-state index in [9.17, 15) is 19.3 Å². The molecule has 7 nitrogen and oxygen atoms in total. The number of amides is 1. The van der Waals surface area contributed by atoms with E-state index < -0.39 is 25.3 Å². The maximum Gasteiger partial charge on any atom is 0.329 e. The molecule has 2 atom stereocenters. The average molecular weight is 456 g/mol. The lowest BCUT2D eigenvalue weighted by atomic mass is 10.0. The van der Waals surface area contributed by atoms with Crippen molar-refractivity contribution < 1.29 is 23.8 Å². The van der Waals surface area contributed by atoms with E-state index in [0.717, 1.165) is 23.4 Å². The van der Waals surface area contributed by atoms with Gasteiger partial charge in [-0.1, -0.05) is 60.7 Å². The molecule has 0 saturated carbocycles. The standard InChI is InChI=1S/C24H29N2O5P/c1-2-31-32(30,16-10-9-13-19-11-5-3-6-12-19)18-23(27)26-22(24(28)29)17-21(25-26)20-14-7-4-8-15-20/h3-8,11-12,14-15,22H,2,9-10,13,16-18H2,1H3,(H,28,29). The van der Waals surface area contributed by atoms with Crippen LogP contribution in [0.3, 0.4) is 0 Å². The summed E-state index contributed by atoms with van der Waals surface area (Å²) in [6.45, 7) is 1.97. The lowest BCUT2D eigenvalue weighted by Crippen LogP contribution is -2.40. The van der Waals surface area contributed by atoms with Crippen molar-refractivity contribution in [2.75, 3.05) is 18.9 Å². The summed E-state index contributed by atoms with van der Waals surface area (Å²) in [5.74, 6) is -1.72. The predicted molar refractivity (Wildman–Crippen MR) is 124 cm³/mol. The van der Waals surface area contributed by atoms with Crippen molar-refractivity contribution in [2.45, 2.75) is 38.6 Å². The fourth-order valence-electron chi connectivity index (χ4n) is 3.77. The molecule has 170 valence electrons. The van der Waals surface area contributed by atoms with Gasteiger partial charge in [0, 0.05) is 12.6 Å². The molecular formula is C24H29N2O5P. The molecule has 8 heteroatoms. The molecule has 2 aromatic rings. The van der Waals surface area contributed by atoms with Crippen molar-refractivity contribution in [3.63, 3.8) is 0 Å². The van der Waals surface area contributed by atoms with Gasteiger partial charge in [-0.2, -0.15) is 5.10 Å². The summed E-state index contributed by atoms with van der Waals surface area (Å²) in [6.07, 6.45) is 2.38. The van der Waals surface area contributed by atoms with Crippen LogP contribution in [0.2, 0.25) is 0 Å². The summed E-state index contributed by atoms with van der Waals surface area (Å²) in [6, 6.07) is 18.1. The summed E-state index contributed by atoms with van der Waals surface area (Å²) in [5.41, 5.74) is 2.50. The summed E-state index contributed by atoms with van der Waals surface area (Å²) in [7, 11) is -3.25. The molecule has 0 radical (unpaired) electrons. The Bertz CT molecular complexity index is 994. The van der Waals surface area contributed by atoms with Crippen molar-refractivity contribution in [3.05, 3.63) is 71.8 Å². The summed E-state index contributed by atoms with van der Waals surface area (Å²) in [5, 5.41) is 14.9. The molecule has 1 amide bonds. The van der Waals surface area contributed by atoms with Gasteiger partial charge < -0.3 is 9.63 Å². The molecule has 2 unspecified atom stereocenters. The second-order valence-corrected chi connectivity index (χ2v) is 10.4. The second-order valence-electron chi connectivity index (χ2n) is 7.77. The fraction of sp³-hybridized carbons (Fsp3) is 0.375. The summed E-state index contributed by atoms with van der Waals surface area (Å²) in [4.78, 5) is 24.7. The molecule has 0 aliphatic carbocycles. The van der Waals surface area contributed by atoms with Gasteiger partial charge in [0.05, 0.1) is 12.3 Å². The third-order valence-electron chi connectivity index (χ3n) is 5.36. The van der Waals surface area contributed by atoms with Gasteiger partial charge in [-0.3, -0.25) is 9.36 Å². The van der Waals surface area contributed by atoms with E-state index >= 15 is 0 Å². The van der Waals surface area contributed by atoms with Crippen LogP contribution >= 0.6 is 7.37 Å². The van der Waals surface area contributed by atoms with Gasteiger partial charge >= 0.3 is 5.97 Å². The Balaban J connectivity index is 1.65. The zero-order chi connectivity index (χ0) is 23.0. The van der Waals surface area contributed by atoms with Crippen LogP contribution < -0.4 is 0 Å². The number of hydrazone groups is 1. The molecule has 32 heavy (non-hydrogen) atoms. The largest absolute Gasteiger partial charge is 0.480 e. The van der Waals surface area contributed by atoms with Crippen LogP contribution in [0.15, 0.2) is 65.8 Å². The van der Waals surface area contributed by atoms with Gasteiger partial charge in [0.15, 0.2) is 6.04 Å². The number of aryl methyl sites for hydroxylation is 1. The topological polar surface area (TPSA) is 96.3 Å². The maximum atomic E-state index is 13.4. The number of carboxylic acids is 1. The van der Waals surface area contributed by atoms with Gasteiger partial charge in [0.1, 0.15) is 6.16 Å². The molecular weight excluding hydrogens is 427 g/mol. The molecule has 0 fully saturated rings. The smallest absolute Gasteiger partial charge is 0.329 e. The molecule has 1 aliphatic rings. The first-order valence-corrected chi connectivity index (χ1v) is 12.9. The average Bonchev–Trinajstić information content (AvgIpc) is 3.25. The number of aliphatic carboxylic acids is 1. The van der Waals surface area contributed by atoms with E-state index in [0.29, 0.717) is 12.1 Å². The lowest BCUT2D eigenvalue weighted by molar-refractivity contribution is -0.148. The number of carbonyl (C=O) groups is 2. The molecule has 0 aromatic heterocycles. The lowest BCUT2D eigenvalue weighted by Gasteiger charge is -2.22. The third-order valence-corrected chi connectivity index (χ3v) is 7.83. The zero-order valence-electron chi connectivity index (χ0n) is 18.2. The van der Waals surface area contributed by atoms with Crippen LogP contribution in [0.5, 0.6) is 0 Å². The van der Waals surface area contributed by atoms with E-state index in [2.05, 4.69) is 5.10 Å². The van der Waals surface area contributed by atoms with Gasteiger partial charge in [-0.05, 0) is 37.3 Å². The van der Waals surface area contributed by atoms with Crippen LogP contribution in [0, 0.1) is 0 Å². The molecule has 1 heterocycles. The SMILES string of the molecule is CCOP(=O)(CCCCc1ccccc1)CC(=O)N1N=C(c2ccccc2)CC1C(=O)O. The molecule has 2 aromatic carbocycles. The number of carbonyl (C=O) groups excluding carboxylic acids is 1. The minimum atomic E-state index is -3.25. The Morgan fingerprint density at radius 3 is 2.38 bits per heavy atom. The number of carboxylic acid groups (broad SMARTS) is 1. The van der Waals surface area contributed by atoms with Gasteiger partial charge in [-0.15, -0.1) is 0 Å². The van der Waals surface area contributed by atoms with E-state index in [-0.39, 0.29) is 25.4 Å². The van der Waals surface area contributed by atoms with Crippen LogP contribution in [0.25, 0.3) is 0 Å². The summed E-state index contributed by atoms with van der Waals surface area (Å²) >= 11 is 0. The first-order valence-electron chi connectivity index (χ1n) is 10.9. The number of unbranched alkanes of at least 4 members (excludes halogenated alkanes) is 1. The monoisotopic (exact) mass is 456 g/mol. The quantitative estimate of drug-likeness (QED) is 0.399. The Morgan fingerprint density at radius 1 is 1.09 bits per heavy atom. The van der Waals surface area contributed by atoms with Gasteiger partial charge in [-0.25, -0.2) is 9.80 Å². The van der Waals surface area contributed by atoms with Crippen molar-refractivity contribution >= 4 is 25.0 Å². The first-order chi connectivity index (χ1) is 15.4. The normalized spacial score (nSPS) is 17.6. The Kier molecular flexibility index (Phi) is 8.37. The van der Waals surface area contributed by atoms with Crippen molar-refractivity contribution in [3.8, 4) is 0 Å². The number of nitrogens with zero attached hydrogens (tertiary/aromatic N) is 2. The van der Waals surface area contributed by atoms with Gasteiger partial charge in [0.25, 0.3) is 5.91 Å². The molecule has 1 aliphatic heterocycles. The van der Waals surface area contributed by atoms with E-state index in [4.69, 9.17) is 4.52 Å². The van der Waals surface area contributed by atoms with E-state index in [1.165, 1.54) is 5.56 Å². The molecule has 0 spiro atoms. The highest BCUT2D eigenvalue weighted by atomic mass is 31.2.